The molecule has 0 unspecified atom stereocenters. The lowest BCUT2D eigenvalue weighted by Crippen LogP contribution is -2.13. The SMILES string of the molecule is Cc1cnccc1C(=O)Nc1cc(C2CCCCC2)[nH]n1. The van der Waals surface area contributed by atoms with Crippen LogP contribution in [0.15, 0.2) is 24.5 Å². The van der Waals surface area contributed by atoms with Gasteiger partial charge in [0, 0.05) is 35.6 Å². The van der Waals surface area contributed by atoms with Crippen LogP contribution in [-0.4, -0.2) is 21.1 Å². The van der Waals surface area contributed by atoms with Crippen LogP contribution >= 0.6 is 0 Å². The summed E-state index contributed by atoms with van der Waals surface area (Å²) >= 11 is 0. The quantitative estimate of drug-likeness (QED) is 0.907. The molecule has 1 fully saturated rings. The number of aromatic nitrogens is 3. The Balaban J connectivity index is 1.69. The summed E-state index contributed by atoms with van der Waals surface area (Å²) < 4.78 is 0. The van der Waals surface area contributed by atoms with Crippen molar-refractivity contribution in [2.45, 2.75) is 44.9 Å². The molecule has 2 aromatic heterocycles. The minimum Gasteiger partial charge on any atom is -0.305 e. The van der Waals surface area contributed by atoms with Crippen molar-refractivity contribution >= 4 is 11.7 Å². The highest BCUT2D eigenvalue weighted by Crippen LogP contribution is 2.32. The average molecular weight is 284 g/mol. The lowest BCUT2D eigenvalue weighted by Gasteiger charge is -2.19. The second-order valence-electron chi connectivity index (χ2n) is 5.69. The Morgan fingerprint density at radius 3 is 2.90 bits per heavy atom. The summed E-state index contributed by atoms with van der Waals surface area (Å²) in [5, 5.41) is 10.1. The van der Waals surface area contributed by atoms with Crippen LogP contribution in [0, 0.1) is 6.92 Å². The van der Waals surface area contributed by atoms with Crippen molar-refractivity contribution in [3.05, 3.63) is 41.3 Å². The normalized spacial score (nSPS) is 15.9. The number of aromatic amines is 1. The molecular weight excluding hydrogens is 264 g/mol. The predicted molar refractivity (Wildman–Crippen MR) is 81.3 cm³/mol. The standard InChI is InChI=1S/C16H20N4O/c1-11-10-17-8-7-13(11)16(21)18-15-9-14(19-20-15)12-5-3-2-4-6-12/h7-10,12H,2-6H2,1H3,(H2,18,19,20,21). The van der Waals surface area contributed by atoms with Crippen LogP contribution in [0.4, 0.5) is 5.82 Å². The highest BCUT2D eigenvalue weighted by molar-refractivity contribution is 6.04. The molecule has 3 rings (SSSR count). The number of carbonyl (C=O) groups is 1. The fraction of sp³-hybridized carbons (Fsp3) is 0.438. The molecule has 0 aromatic carbocycles. The first-order valence-corrected chi connectivity index (χ1v) is 7.51. The van der Waals surface area contributed by atoms with Gasteiger partial charge in [0.15, 0.2) is 5.82 Å². The van der Waals surface area contributed by atoms with Gasteiger partial charge in [0.1, 0.15) is 0 Å². The largest absolute Gasteiger partial charge is 0.305 e. The molecule has 1 aliphatic rings. The van der Waals surface area contributed by atoms with Gasteiger partial charge < -0.3 is 5.32 Å². The zero-order valence-corrected chi connectivity index (χ0v) is 12.2. The predicted octanol–water partition coefficient (Wildman–Crippen LogP) is 3.41. The summed E-state index contributed by atoms with van der Waals surface area (Å²) in [5.74, 6) is 1.01. The molecular formula is C16H20N4O. The molecule has 2 heterocycles. The molecule has 1 aliphatic carbocycles. The smallest absolute Gasteiger partial charge is 0.257 e. The zero-order valence-electron chi connectivity index (χ0n) is 12.2. The Kier molecular flexibility index (Phi) is 3.99. The van der Waals surface area contributed by atoms with Crippen LogP contribution in [0.3, 0.4) is 0 Å². The molecule has 0 atom stereocenters. The first kappa shape index (κ1) is 13.8. The highest BCUT2D eigenvalue weighted by atomic mass is 16.1. The third kappa shape index (κ3) is 3.12. The maximum atomic E-state index is 12.2. The van der Waals surface area contributed by atoms with Crippen molar-refractivity contribution in [2.24, 2.45) is 0 Å². The Morgan fingerprint density at radius 2 is 2.14 bits per heavy atom. The van der Waals surface area contributed by atoms with Crippen LogP contribution in [0.25, 0.3) is 0 Å². The number of pyridine rings is 1. The van der Waals surface area contributed by atoms with Gasteiger partial charge in [-0.2, -0.15) is 5.10 Å². The summed E-state index contributed by atoms with van der Waals surface area (Å²) in [7, 11) is 0. The summed E-state index contributed by atoms with van der Waals surface area (Å²) in [6, 6.07) is 3.68. The van der Waals surface area contributed by atoms with Gasteiger partial charge in [0.05, 0.1) is 0 Å². The summed E-state index contributed by atoms with van der Waals surface area (Å²) in [6.45, 7) is 1.87. The van der Waals surface area contributed by atoms with Crippen molar-refractivity contribution in [2.75, 3.05) is 5.32 Å². The van der Waals surface area contributed by atoms with E-state index in [1.54, 1.807) is 18.5 Å². The molecule has 0 aliphatic heterocycles. The first-order chi connectivity index (χ1) is 10.2. The number of nitrogens with one attached hydrogen (secondary N) is 2. The van der Waals surface area contributed by atoms with E-state index in [9.17, 15) is 4.79 Å². The first-order valence-electron chi connectivity index (χ1n) is 7.51. The van der Waals surface area contributed by atoms with Crippen molar-refractivity contribution in [3.63, 3.8) is 0 Å². The second-order valence-corrected chi connectivity index (χ2v) is 5.69. The molecule has 5 heteroatoms. The number of rotatable bonds is 3. The van der Waals surface area contributed by atoms with Crippen molar-refractivity contribution < 1.29 is 4.79 Å². The fourth-order valence-electron chi connectivity index (χ4n) is 2.94. The molecule has 2 N–H and O–H groups in total. The number of anilines is 1. The lowest BCUT2D eigenvalue weighted by atomic mass is 9.87. The van der Waals surface area contributed by atoms with E-state index in [-0.39, 0.29) is 5.91 Å². The number of hydrogen-bond donors (Lipinski definition) is 2. The number of aryl methyl sites for hydroxylation is 1. The van der Waals surface area contributed by atoms with Crippen LogP contribution in [0.2, 0.25) is 0 Å². The van der Waals surface area contributed by atoms with E-state index < -0.39 is 0 Å². The van der Waals surface area contributed by atoms with Gasteiger partial charge in [-0.05, 0) is 31.4 Å². The van der Waals surface area contributed by atoms with E-state index in [0.29, 0.717) is 17.3 Å². The molecule has 0 bridgehead atoms. The summed E-state index contributed by atoms with van der Waals surface area (Å²) in [6.07, 6.45) is 9.61. The zero-order chi connectivity index (χ0) is 14.7. The average Bonchev–Trinajstić information content (AvgIpc) is 2.97. The lowest BCUT2D eigenvalue weighted by molar-refractivity contribution is 0.102. The van der Waals surface area contributed by atoms with Crippen molar-refractivity contribution in [1.29, 1.82) is 0 Å². The van der Waals surface area contributed by atoms with Gasteiger partial charge in [-0.15, -0.1) is 0 Å². The molecule has 5 nitrogen and oxygen atoms in total. The molecule has 0 radical (unpaired) electrons. The number of amides is 1. The van der Waals surface area contributed by atoms with Gasteiger partial charge in [-0.3, -0.25) is 14.9 Å². The van der Waals surface area contributed by atoms with E-state index >= 15 is 0 Å². The molecule has 110 valence electrons. The third-order valence-electron chi connectivity index (χ3n) is 4.15. The van der Waals surface area contributed by atoms with E-state index in [4.69, 9.17) is 0 Å². The third-order valence-corrected chi connectivity index (χ3v) is 4.15. The topological polar surface area (TPSA) is 70.7 Å². The molecule has 21 heavy (non-hydrogen) atoms. The van der Waals surface area contributed by atoms with Gasteiger partial charge >= 0.3 is 0 Å². The fourth-order valence-corrected chi connectivity index (χ4v) is 2.94. The highest BCUT2D eigenvalue weighted by Gasteiger charge is 2.18. The number of nitrogens with zero attached hydrogens (tertiary/aromatic N) is 2. The van der Waals surface area contributed by atoms with E-state index in [1.807, 2.05) is 13.0 Å². The monoisotopic (exact) mass is 284 g/mol. The van der Waals surface area contributed by atoms with Crippen LogP contribution in [0.1, 0.15) is 59.6 Å². The van der Waals surface area contributed by atoms with Gasteiger partial charge in [0.2, 0.25) is 0 Å². The minimum atomic E-state index is -0.142. The Hall–Kier alpha value is -2.17. The van der Waals surface area contributed by atoms with Gasteiger partial charge in [0.25, 0.3) is 5.91 Å². The van der Waals surface area contributed by atoms with E-state index in [1.165, 1.54) is 32.1 Å². The van der Waals surface area contributed by atoms with Crippen LogP contribution in [0.5, 0.6) is 0 Å². The molecule has 1 amide bonds. The Labute approximate surface area is 124 Å². The molecule has 1 saturated carbocycles. The number of H-pyrrole nitrogens is 1. The van der Waals surface area contributed by atoms with Gasteiger partial charge in [-0.25, -0.2) is 0 Å². The molecule has 0 spiro atoms. The summed E-state index contributed by atoms with van der Waals surface area (Å²) in [4.78, 5) is 16.2. The van der Waals surface area contributed by atoms with Crippen LogP contribution < -0.4 is 5.32 Å². The van der Waals surface area contributed by atoms with Crippen LogP contribution in [-0.2, 0) is 0 Å². The number of carbonyl (C=O) groups excluding carboxylic acids is 1. The maximum Gasteiger partial charge on any atom is 0.257 e. The van der Waals surface area contributed by atoms with Crippen molar-refractivity contribution in [3.8, 4) is 0 Å². The molecule has 0 saturated heterocycles. The molecule has 2 aromatic rings. The second kappa shape index (κ2) is 6.08. The Bertz CT molecular complexity index is 629. The van der Waals surface area contributed by atoms with Crippen molar-refractivity contribution in [1.82, 2.24) is 15.2 Å². The summed E-state index contributed by atoms with van der Waals surface area (Å²) in [5.41, 5.74) is 2.63. The van der Waals surface area contributed by atoms with Gasteiger partial charge in [-0.1, -0.05) is 19.3 Å². The minimum absolute atomic E-state index is 0.142. The van der Waals surface area contributed by atoms with E-state index in [2.05, 4.69) is 20.5 Å². The Morgan fingerprint density at radius 1 is 1.33 bits per heavy atom. The van der Waals surface area contributed by atoms with E-state index in [0.717, 1.165) is 11.3 Å². The maximum absolute atomic E-state index is 12.2. The number of hydrogen-bond acceptors (Lipinski definition) is 3.